The summed E-state index contributed by atoms with van der Waals surface area (Å²) in [5.41, 5.74) is 0.373. The first-order valence-corrected chi connectivity index (χ1v) is 7.74. The summed E-state index contributed by atoms with van der Waals surface area (Å²) >= 11 is 0. The standard InChI is InChI=1S/C18H20N2O4/c1-3-19-17(22)12(2)20-16(21)11-24-18(23)15-9-8-13-6-4-5-7-14(13)10-15/h4-10,12H,3,11H2,1-2H3,(H,19,22)(H,20,21)/t12-/m1/s1. The molecule has 126 valence electrons. The zero-order valence-corrected chi connectivity index (χ0v) is 13.7. The molecule has 2 rings (SSSR count). The van der Waals surface area contributed by atoms with Crippen molar-refractivity contribution in [1.29, 1.82) is 0 Å². The van der Waals surface area contributed by atoms with Gasteiger partial charge >= 0.3 is 5.97 Å². The van der Waals surface area contributed by atoms with Crippen LogP contribution in [0.2, 0.25) is 0 Å². The van der Waals surface area contributed by atoms with Crippen molar-refractivity contribution in [2.24, 2.45) is 0 Å². The van der Waals surface area contributed by atoms with Crippen LogP contribution in [0.4, 0.5) is 0 Å². The maximum absolute atomic E-state index is 12.0. The number of carbonyl (C=O) groups excluding carboxylic acids is 3. The quantitative estimate of drug-likeness (QED) is 0.790. The summed E-state index contributed by atoms with van der Waals surface area (Å²) in [6.07, 6.45) is 0. The second-order valence-corrected chi connectivity index (χ2v) is 5.32. The second-order valence-electron chi connectivity index (χ2n) is 5.32. The Morgan fingerprint density at radius 2 is 1.79 bits per heavy atom. The molecule has 0 fully saturated rings. The molecule has 0 aliphatic carbocycles. The van der Waals surface area contributed by atoms with Crippen LogP contribution < -0.4 is 10.6 Å². The highest BCUT2D eigenvalue weighted by Gasteiger charge is 2.16. The summed E-state index contributed by atoms with van der Waals surface area (Å²) in [5, 5.41) is 7.00. The fourth-order valence-corrected chi connectivity index (χ4v) is 2.21. The van der Waals surface area contributed by atoms with Gasteiger partial charge in [0.2, 0.25) is 5.91 Å². The van der Waals surface area contributed by atoms with Gasteiger partial charge in [0.1, 0.15) is 6.04 Å². The molecule has 24 heavy (non-hydrogen) atoms. The predicted octanol–water partition coefficient (Wildman–Crippen LogP) is 1.64. The van der Waals surface area contributed by atoms with Crippen LogP contribution in [0.1, 0.15) is 24.2 Å². The number of benzene rings is 2. The minimum absolute atomic E-state index is 0.285. The van der Waals surface area contributed by atoms with Crippen molar-refractivity contribution in [1.82, 2.24) is 10.6 Å². The van der Waals surface area contributed by atoms with Crippen molar-refractivity contribution in [2.45, 2.75) is 19.9 Å². The molecule has 0 aromatic heterocycles. The zero-order chi connectivity index (χ0) is 17.5. The molecule has 0 spiro atoms. The van der Waals surface area contributed by atoms with Gasteiger partial charge in [0.15, 0.2) is 6.61 Å². The summed E-state index contributed by atoms with van der Waals surface area (Å²) in [7, 11) is 0. The van der Waals surface area contributed by atoms with Gasteiger partial charge < -0.3 is 15.4 Å². The van der Waals surface area contributed by atoms with Crippen LogP contribution in [0.15, 0.2) is 42.5 Å². The number of fused-ring (bicyclic) bond motifs is 1. The monoisotopic (exact) mass is 328 g/mol. The van der Waals surface area contributed by atoms with Gasteiger partial charge in [0.05, 0.1) is 5.56 Å². The van der Waals surface area contributed by atoms with E-state index < -0.39 is 24.5 Å². The Bertz CT molecular complexity index is 758. The third-order valence-corrected chi connectivity index (χ3v) is 3.44. The minimum Gasteiger partial charge on any atom is -0.452 e. The summed E-state index contributed by atoms with van der Waals surface area (Å²) in [6, 6.07) is 12.1. The van der Waals surface area contributed by atoms with Crippen LogP contribution in [-0.2, 0) is 14.3 Å². The smallest absolute Gasteiger partial charge is 0.338 e. The molecule has 0 radical (unpaired) electrons. The van der Waals surface area contributed by atoms with Gasteiger partial charge in [-0.2, -0.15) is 0 Å². The molecule has 0 aliphatic heterocycles. The minimum atomic E-state index is -0.683. The number of nitrogens with one attached hydrogen (secondary N) is 2. The summed E-state index contributed by atoms with van der Waals surface area (Å²) in [6.45, 7) is 3.40. The SMILES string of the molecule is CCNC(=O)[C@@H](C)NC(=O)COC(=O)c1ccc2ccccc2c1. The van der Waals surface area contributed by atoms with Crippen molar-refractivity contribution in [3.63, 3.8) is 0 Å². The first kappa shape index (κ1) is 17.5. The van der Waals surface area contributed by atoms with Gasteiger partial charge in [-0.1, -0.05) is 30.3 Å². The molecule has 6 heteroatoms. The molecule has 2 aromatic rings. The molecule has 0 aliphatic rings. The summed E-state index contributed by atoms with van der Waals surface area (Å²) < 4.78 is 5.00. The van der Waals surface area contributed by atoms with Gasteiger partial charge in [0.25, 0.3) is 5.91 Å². The number of likely N-dealkylation sites (N-methyl/N-ethyl adjacent to an activating group) is 1. The van der Waals surface area contributed by atoms with E-state index in [0.29, 0.717) is 12.1 Å². The molecule has 2 amide bonds. The lowest BCUT2D eigenvalue weighted by molar-refractivity contribution is -0.130. The van der Waals surface area contributed by atoms with E-state index in [4.69, 9.17) is 4.74 Å². The van der Waals surface area contributed by atoms with Crippen molar-refractivity contribution in [2.75, 3.05) is 13.2 Å². The lowest BCUT2D eigenvalue weighted by Crippen LogP contribution is -2.46. The average Bonchev–Trinajstić information content (AvgIpc) is 2.59. The number of carbonyl (C=O) groups is 3. The third kappa shape index (κ3) is 4.55. The van der Waals surface area contributed by atoms with Crippen molar-refractivity contribution in [3.8, 4) is 0 Å². The van der Waals surface area contributed by atoms with Crippen LogP contribution in [0.5, 0.6) is 0 Å². The molecular formula is C18H20N2O4. The lowest BCUT2D eigenvalue weighted by Gasteiger charge is -2.13. The van der Waals surface area contributed by atoms with Crippen LogP contribution in [0.25, 0.3) is 10.8 Å². The van der Waals surface area contributed by atoms with Gasteiger partial charge in [-0.05, 0) is 36.8 Å². The van der Waals surface area contributed by atoms with Crippen LogP contribution >= 0.6 is 0 Å². The highest BCUT2D eigenvalue weighted by atomic mass is 16.5. The maximum Gasteiger partial charge on any atom is 0.338 e. The van der Waals surface area contributed by atoms with Crippen molar-refractivity contribution >= 4 is 28.6 Å². The first-order chi connectivity index (χ1) is 11.5. The molecule has 6 nitrogen and oxygen atoms in total. The van der Waals surface area contributed by atoms with E-state index in [0.717, 1.165) is 10.8 Å². The topological polar surface area (TPSA) is 84.5 Å². The Hall–Kier alpha value is -2.89. The molecular weight excluding hydrogens is 308 g/mol. The number of amides is 2. The normalized spacial score (nSPS) is 11.6. The fourth-order valence-electron chi connectivity index (χ4n) is 2.21. The van der Waals surface area contributed by atoms with Crippen LogP contribution in [0, 0.1) is 0 Å². The predicted molar refractivity (Wildman–Crippen MR) is 90.5 cm³/mol. The summed E-state index contributed by atoms with van der Waals surface area (Å²) in [5.74, 6) is -1.39. The summed E-state index contributed by atoms with van der Waals surface area (Å²) in [4.78, 5) is 35.3. The third-order valence-electron chi connectivity index (χ3n) is 3.44. The second kappa shape index (κ2) is 8.10. The lowest BCUT2D eigenvalue weighted by atomic mass is 10.1. The van der Waals surface area contributed by atoms with E-state index in [1.54, 1.807) is 26.0 Å². The molecule has 1 atom stereocenters. The number of hydrogen-bond donors (Lipinski definition) is 2. The Morgan fingerprint density at radius 1 is 1.08 bits per heavy atom. The number of hydrogen-bond acceptors (Lipinski definition) is 4. The fraction of sp³-hybridized carbons (Fsp3) is 0.278. The largest absolute Gasteiger partial charge is 0.452 e. The van der Waals surface area contributed by atoms with E-state index >= 15 is 0 Å². The van der Waals surface area contributed by atoms with E-state index in [1.165, 1.54) is 0 Å². The van der Waals surface area contributed by atoms with Gasteiger partial charge in [0, 0.05) is 6.54 Å². The molecule has 2 N–H and O–H groups in total. The number of ether oxygens (including phenoxy) is 1. The highest BCUT2D eigenvalue weighted by Crippen LogP contribution is 2.16. The average molecular weight is 328 g/mol. The van der Waals surface area contributed by atoms with E-state index in [9.17, 15) is 14.4 Å². The van der Waals surface area contributed by atoms with Crippen LogP contribution in [-0.4, -0.2) is 37.0 Å². The number of esters is 1. The maximum atomic E-state index is 12.0. The zero-order valence-electron chi connectivity index (χ0n) is 13.7. The van der Waals surface area contributed by atoms with Crippen molar-refractivity contribution in [3.05, 3.63) is 48.0 Å². The van der Waals surface area contributed by atoms with Crippen LogP contribution in [0.3, 0.4) is 0 Å². The van der Waals surface area contributed by atoms with E-state index in [1.807, 2.05) is 30.3 Å². The molecule has 0 saturated heterocycles. The Labute approximate surface area is 140 Å². The highest BCUT2D eigenvalue weighted by molar-refractivity contribution is 5.96. The molecule has 0 bridgehead atoms. The van der Waals surface area contributed by atoms with E-state index in [2.05, 4.69) is 10.6 Å². The molecule has 0 heterocycles. The van der Waals surface area contributed by atoms with Gasteiger partial charge in [-0.3, -0.25) is 9.59 Å². The number of rotatable bonds is 6. The van der Waals surface area contributed by atoms with Gasteiger partial charge in [-0.15, -0.1) is 0 Å². The molecule has 0 saturated carbocycles. The Balaban J connectivity index is 1.89. The van der Waals surface area contributed by atoms with E-state index in [-0.39, 0.29) is 5.91 Å². The Morgan fingerprint density at radius 3 is 2.50 bits per heavy atom. The Kier molecular flexibility index (Phi) is 5.89. The van der Waals surface area contributed by atoms with Gasteiger partial charge in [-0.25, -0.2) is 4.79 Å². The van der Waals surface area contributed by atoms with Crippen molar-refractivity contribution < 1.29 is 19.1 Å². The molecule has 0 unspecified atom stereocenters. The molecule has 2 aromatic carbocycles. The first-order valence-electron chi connectivity index (χ1n) is 7.74.